The van der Waals surface area contributed by atoms with Gasteiger partial charge in [-0.3, -0.25) is 4.79 Å². The van der Waals surface area contributed by atoms with E-state index in [0.717, 1.165) is 17.1 Å². The highest BCUT2D eigenvalue weighted by molar-refractivity contribution is 6.04. The maximum Gasteiger partial charge on any atom is 0.258 e. The Morgan fingerprint density at radius 1 is 0.923 bits per heavy atom. The number of rotatable bonds is 6. The Morgan fingerprint density at radius 3 is 2.31 bits per heavy atom. The lowest BCUT2D eigenvalue weighted by molar-refractivity contribution is 0.102. The third-order valence-electron chi connectivity index (χ3n) is 3.73. The van der Waals surface area contributed by atoms with Crippen LogP contribution in [-0.2, 0) is 0 Å². The smallest absolute Gasteiger partial charge is 0.258 e. The molecule has 0 fully saturated rings. The lowest BCUT2D eigenvalue weighted by Gasteiger charge is -2.13. The van der Waals surface area contributed by atoms with Crippen molar-refractivity contribution in [2.24, 2.45) is 0 Å². The fourth-order valence-corrected chi connectivity index (χ4v) is 2.49. The molecule has 0 bridgehead atoms. The van der Waals surface area contributed by atoms with Crippen LogP contribution in [0.3, 0.4) is 0 Å². The normalized spacial score (nSPS) is 10.2. The second-order valence-corrected chi connectivity index (χ2v) is 5.57. The first kappa shape index (κ1) is 17.5. The van der Waals surface area contributed by atoms with Crippen LogP contribution in [0.4, 0.5) is 21.5 Å². The molecule has 3 aromatic carbocycles. The summed E-state index contributed by atoms with van der Waals surface area (Å²) in [5, 5.41) is 5.97. The third kappa shape index (κ3) is 4.19. The van der Waals surface area contributed by atoms with Crippen LogP contribution in [-0.4, -0.2) is 12.5 Å². The quantitative estimate of drug-likeness (QED) is 0.641. The topological polar surface area (TPSA) is 50.4 Å². The second-order valence-electron chi connectivity index (χ2n) is 5.57. The SMILES string of the molecule is CCOc1ccccc1Nc1ccc(NC(=O)c2ccccc2F)cc1. The van der Waals surface area contributed by atoms with Crippen molar-refractivity contribution in [2.75, 3.05) is 17.2 Å². The molecular weight excluding hydrogens is 331 g/mol. The number of nitrogens with one attached hydrogen (secondary N) is 2. The summed E-state index contributed by atoms with van der Waals surface area (Å²) >= 11 is 0. The zero-order chi connectivity index (χ0) is 18.4. The number of para-hydroxylation sites is 2. The molecule has 1 amide bonds. The van der Waals surface area contributed by atoms with Gasteiger partial charge in [-0.25, -0.2) is 4.39 Å². The molecule has 0 atom stereocenters. The molecule has 0 unspecified atom stereocenters. The van der Waals surface area contributed by atoms with E-state index in [4.69, 9.17) is 4.74 Å². The molecule has 4 nitrogen and oxygen atoms in total. The molecular formula is C21H19FN2O2. The monoisotopic (exact) mass is 350 g/mol. The first-order valence-electron chi connectivity index (χ1n) is 8.32. The van der Waals surface area contributed by atoms with Crippen LogP contribution in [0.5, 0.6) is 5.75 Å². The maximum atomic E-state index is 13.7. The summed E-state index contributed by atoms with van der Waals surface area (Å²) in [5.41, 5.74) is 2.31. The van der Waals surface area contributed by atoms with Crippen LogP contribution in [0.1, 0.15) is 17.3 Å². The molecule has 0 heterocycles. The summed E-state index contributed by atoms with van der Waals surface area (Å²) in [4.78, 5) is 12.1. The molecule has 0 saturated heterocycles. The van der Waals surface area contributed by atoms with Gasteiger partial charge in [0.2, 0.25) is 0 Å². The summed E-state index contributed by atoms with van der Waals surface area (Å²) in [6.45, 7) is 2.52. The predicted molar refractivity (Wildman–Crippen MR) is 102 cm³/mol. The average molecular weight is 350 g/mol. The van der Waals surface area contributed by atoms with Crippen LogP contribution < -0.4 is 15.4 Å². The highest BCUT2D eigenvalue weighted by atomic mass is 19.1. The van der Waals surface area contributed by atoms with Crippen molar-refractivity contribution in [3.05, 3.63) is 84.2 Å². The van der Waals surface area contributed by atoms with Gasteiger partial charge in [-0.05, 0) is 55.5 Å². The van der Waals surface area contributed by atoms with Crippen molar-refractivity contribution in [3.63, 3.8) is 0 Å². The Balaban J connectivity index is 1.69. The molecule has 0 spiro atoms. The average Bonchev–Trinajstić information content (AvgIpc) is 2.65. The number of carbonyl (C=O) groups excluding carboxylic acids is 1. The molecule has 0 aromatic heterocycles. The van der Waals surface area contributed by atoms with Gasteiger partial charge in [0.1, 0.15) is 11.6 Å². The highest BCUT2D eigenvalue weighted by Gasteiger charge is 2.11. The third-order valence-corrected chi connectivity index (χ3v) is 3.73. The molecule has 132 valence electrons. The van der Waals surface area contributed by atoms with Crippen LogP contribution in [0.25, 0.3) is 0 Å². The largest absolute Gasteiger partial charge is 0.492 e. The van der Waals surface area contributed by atoms with Crippen molar-refractivity contribution in [1.82, 2.24) is 0 Å². The molecule has 3 rings (SSSR count). The Hall–Kier alpha value is -3.34. The van der Waals surface area contributed by atoms with Crippen LogP contribution in [0.2, 0.25) is 0 Å². The number of halogens is 1. The lowest BCUT2D eigenvalue weighted by Crippen LogP contribution is -2.13. The van der Waals surface area contributed by atoms with Crippen LogP contribution in [0.15, 0.2) is 72.8 Å². The first-order chi connectivity index (χ1) is 12.7. The van der Waals surface area contributed by atoms with Gasteiger partial charge in [-0.15, -0.1) is 0 Å². The number of benzene rings is 3. The van der Waals surface area contributed by atoms with E-state index in [1.165, 1.54) is 12.1 Å². The summed E-state index contributed by atoms with van der Waals surface area (Å²) in [7, 11) is 0. The minimum absolute atomic E-state index is 0.0142. The molecule has 0 saturated carbocycles. The fourth-order valence-electron chi connectivity index (χ4n) is 2.49. The fraction of sp³-hybridized carbons (Fsp3) is 0.0952. The van der Waals surface area contributed by atoms with E-state index >= 15 is 0 Å². The second kappa shape index (κ2) is 8.16. The van der Waals surface area contributed by atoms with Crippen molar-refractivity contribution >= 4 is 23.0 Å². The van der Waals surface area contributed by atoms with Crippen LogP contribution >= 0.6 is 0 Å². The van der Waals surface area contributed by atoms with Crippen LogP contribution in [0, 0.1) is 5.82 Å². The number of ether oxygens (including phenoxy) is 1. The van der Waals surface area contributed by atoms with E-state index in [9.17, 15) is 9.18 Å². The molecule has 0 aliphatic heterocycles. The van der Waals surface area contributed by atoms with Gasteiger partial charge in [-0.1, -0.05) is 24.3 Å². The number of anilines is 3. The Morgan fingerprint density at radius 2 is 1.58 bits per heavy atom. The summed E-state index contributed by atoms with van der Waals surface area (Å²) in [5.74, 6) is -0.256. The molecule has 26 heavy (non-hydrogen) atoms. The number of hydrogen-bond donors (Lipinski definition) is 2. The molecule has 5 heteroatoms. The van der Waals surface area contributed by atoms with E-state index in [2.05, 4.69) is 10.6 Å². The summed E-state index contributed by atoms with van der Waals surface area (Å²) in [6, 6.07) is 20.7. The van der Waals surface area contributed by atoms with Crippen molar-refractivity contribution in [2.45, 2.75) is 6.92 Å². The number of amides is 1. The van der Waals surface area contributed by atoms with E-state index < -0.39 is 11.7 Å². The standard InChI is InChI=1S/C21H19FN2O2/c1-2-26-20-10-6-5-9-19(20)23-15-11-13-16(14-12-15)24-21(25)17-7-3-4-8-18(17)22/h3-14,23H,2H2,1H3,(H,24,25). The molecule has 2 N–H and O–H groups in total. The maximum absolute atomic E-state index is 13.7. The molecule has 0 aliphatic carbocycles. The predicted octanol–water partition coefficient (Wildman–Crippen LogP) is 5.22. The van der Waals surface area contributed by atoms with Gasteiger partial charge in [0.05, 0.1) is 17.9 Å². The summed E-state index contributed by atoms with van der Waals surface area (Å²) in [6.07, 6.45) is 0. The highest BCUT2D eigenvalue weighted by Crippen LogP contribution is 2.28. The van der Waals surface area contributed by atoms with E-state index in [1.54, 1.807) is 24.3 Å². The molecule has 0 aliphatic rings. The minimum atomic E-state index is -0.546. The van der Waals surface area contributed by atoms with Crippen molar-refractivity contribution < 1.29 is 13.9 Å². The number of carbonyl (C=O) groups is 1. The Labute approximate surface area is 151 Å². The van der Waals surface area contributed by atoms with Gasteiger partial charge >= 0.3 is 0 Å². The first-order valence-corrected chi connectivity index (χ1v) is 8.32. The molecule has 3 aromatic rings. The van der Waals surface area contributed by atoms with E-state index in [0.29, 0.717) is 12.3 Å². The minimum Gasteiger partial charge on any atom is -0.492 e. The van der Waals surface area contributed by atoms with Gasteiger partial charge in [0, 0.05) is 11.4 Å². The Bertz CT molecular complexity index is 895. The van der Waals surface area contributed by atoms with Gasteiger partial charge in [-0.2, -0.15) is 0 Å². The van der Waals surface area contributed by atoms with Crippen molar-refractivity contribution in [3.8, 4) is 5.75 Å². The zero-order valence-electron chi connectivity index (χ0n) is 14.3. The number of hydrogen-bond acceptors (Lipinski definition) is 3. The van der Waals surface area contributed by atoms with Crippen molar-refractivity contribution in [1.29, 1.82) is 0 Å². The Kier molecular flexibility index (Phi) is 5.49. The van der Waals surface area contributed by atoms with Gasteiger partial charge < -0.3 is 15.4 Å². The van der Waals surface area contributed by atoms with E-state index in [-0.39, 0.29) is 5.56 Å². The zero-order valence-corrected chi connectivity index (χ0v) is 14.3. The van der Waals surface area contributed by atoms with E-state index in [1.807, 2.05) is 43.3 Å². The van der Waals surface area contributed by atoms with Gasteiger partial charge in [0.15, 0.2) is 0 Å². The molecule has 0 radical (unpaired) electrons. The summed E-state index contributed by atoms with van der Waals surface area (Å²) < 4.78 is 19.3. The van der Waals surface area contributed by atoms with Gasteiger partial charge in [0.25, 0.3) is 5.91 Å². The lowest BCUT2D eigenvalue weighted by atomic mass is 10.2.